The van der Waals surface area contributed by atoms with Gasteiger partial charge in [0.05, 0.1) is 5.52 Å². The van der Waals surface area contributed by atoms with Crippen molar-refractivity contribution in [1.29, 1.82) is 0 Å². The topological polar surface area (TPSA) is 139 Å². The Morgan fingerprint density at radius 3 is 2.59 bits per heavy atom. The molecule has 134 valence electrons. The Bertz CT molecular complexity index is 1180. The van der Waals surface area contributed by atoms with Gasteiger partial charge in [0, 0.05) is 23.1 Å². The van der Waals surface area contributed by atoms with Gasteiger partial charge in [-0.2, -0.15) is 4.98 Å². The summed E-state index contributed by atoms with van der Waals surface area (Å²) in [4.78, 5) is 33.5. The summed E-state index contributed by atoms with van der Waals surface area (Å²) < 4.78 is 4.98. The molecule has 0 aliphatic rings. The van der Waals surface area contributed by atoms with Crippen LogP contribution in [0, 0.1) is 0 Å². The Kier molecular flexibility index (Phi) is 4.01. The number of benzene rings is 2. The molecular formula is C18H14N6O3. The first-order chi connectivity index (χ1) is 13.1. The lowest BCUT2D eigenvalue weighted by Crippen LogP contribution is -2.10. The largest absolute Gasteiger partial charge is 0.417 e. The third-order valence-electron chi connectivity index (χ3n) is 3.77. The van der Waals surface area contributed by atoms with Gasteiger partial charge in [-0.05, 0) is 48.5 Å². The number of rotatable bonds is 5. The Morgan fingerprint density at radius 1 is 1.04 bits per heavy atom. The quantitative estimate of drug-likeness (QED) is 0.428. The van der Waals surface area contributed by atoms with Crippen LogP contribution in [0.1, 0.15) is 10.4 Å². The van der Waals surface area contributed by atoms with E-state index in [1.54, 1.807) is 54.7 Å². The molecule has 5 N–H and O–H groups in total. The van der Waals surface area contributed by atoms with E-state index in [9.17, 15) is 9.59 Å². The lowest BCUT2D eigenvalue weighted by molar-refractivity contribution is 0.100. The molecule has 2 heterocycles. The van der Waals surface area contributed by atoms with Gasteiger partial charge in [0.25, 0.3) is 0 Å². The van der Waals surface area contributed by atoms with Crippen LogP contribution < -0.4 is 22.1 Å². The van der Waals surface area contributed by atoms with E-state index >= 15 is 0 Å². The van der Waals surface area contributed by atoms with E-state index in [0.717, 1.165) is 11.4 Å². The summed E-state index contributed by atoms with van der Waals surface area (Å²) in [5, 5.41) is 6.19. The van der Waals surface area contributed by atoms with Gasteiger partial charge < -0.3 is 20.8 Å². The van der Waals surface area contributed by atoms with Crippen LogP contribution in [-0.2, 0) is 0 Å². The summed E-state index contributed by atoms with van der Waals surface area (Å²) in [5.41, 5.74) is 8.17. The fourth-order valence-corrected chi connectivity index (χ4v) is 2.51. The first kappa shape index (κ1) is 16.3. The normalized spacial score (nSPS) is 10.7. The number of aromatic amines is 1. The second-order valence-corrected chi connectivity index (χ2v) is 5.68. The third kappa shape index (κ3) is 3.61. The minimum Gasteiger partial charge on any atom is -0.408 e. The SMILES string of the molecule is NC(=O)c1ccc(Nc2nccc(Nc3ccc4oc(=O)[nH]c4c3)n2)cc1. The number of carbonyl (C=O) groups is 1. The van der Waals surface area contributed by atoms with Crippen LogP contribution in [0.2, 0.25) is 0 Å². The Hall–Kier alpha value is -4.14. The zero-order valence-corrected chi connectivity index (χ0v) is 13.9. The molecule has 9 nitrogen and oxygen atoms in total. The van der Waals surface area contributed by atoms with Gasteiger partial charge in [0.2, 0.25) is 11.9 Å². The van der Waals surface area contributed by atoms with Crippen LogP contribution in [0.5, 0.6) is 0 Å². The molecule has 2 aromatic carbocycles. The number of oxazole rings is 1. The number of hydrogen-bond acceptors (Lipinski definition) is 7. The minimum absolute atomic E-state index is 0.379. The highest BCUT2D eigenvalue weighted by atomic mass is 16.4. The van der Waals surface area contributed by atoms with E-state index in [0.29, 0.717) is 28.4 Å². The van der Waals surface area contributed by atoms with E-state index in [-0.39, 0.29) is 0 Å². The molecular weight excluding hydrogens is 348 g/mol. The monoisotopic (exact) mass is 362 g/mol. The first-order valence-corrected chi connectivity index (χ1v) is 7.97. The van der Waals surface area contributed by atoms with Gasteiger partial charge in [-0.25, -0.2) is 9.78 Å². The lowest BCUT2D eigenvalue weighted by atomic mass is 10.2. The van der Waals surface area contributed by atoms with Gasteiger partial charge in [0.1, 0.15) is 5.82 Å². The van der Waals surface area contributed by atoms with Gasteiger partial charge in [-0.15, -0.1) is 0 Å². The number of primary amides is 1. The number of anilines is 4. The number of fused-ring (bicyclic) bond motifs is 1. The number of hydrogen-bond donors (Lipinski definition) is 4. The smallest absolute Gasteiger partial charge is 0.408 e. The van der Waals surface area contributed by atoms with Crippen molar-refractivity contribution >= 4 is 40.1 Å². The Balaban J connectivity index is 1.52. The summed E-state index contributed by atoms with van der Waals surface area (Å²) in [5.74, 6) is -0.0472. The zero-order valence-electron chi connectivity index (χ0n) is 13.9. The second kappa shape index (κ2) is 6.64. The standard InChI is InChI=1S/C18H14N6O3/c19-16(25)10-1-3-11(4-2-10)22-17-20-8-7-15(24-17)21-12-5-6-14-13(9-12)23-18(26)27-14/h1-9H,(H2,19,25)(H,23,26)(H2,20,21,22,24). The molecule has 4 rings (SSSR count). The summed E-state index contributed by atoms with van der Waals surface area (Å²) in [6.45, 7) is 0. The third-order valence-corrected chi connectivity index (χ3v) is 3.77. The van der Waals surface area contributed by atoms with Crippen molar-refractivity contribution < 1.29 is 9.21 Å². The molecule has 0 unspecified atom stereocenters. The second-order valence-electron chi connectivity index (χ2n) is 5.68. The Labute approximate surface area is 152 Å². The van der Waals surface area contributed by atoms with E-state index in [2.05, 4.69) is 25.6 Å². The lowest BCUT2D eigenvalue weighted by Gasteiger charge is -2.08. The first-order valence-electron chi connectivity index (χ1n) is 7.97. The number of nitrogens with one attached hydrogen (secondary N) is 3. The maximum atomic E-state index is 11.2. The minimum atomic E-state index is -0.502. The van der Waals surface area contributed by atoms with Crippen molar-refractivity contribution in [3.63, 3.8) is 0 Å². The predicted molar refractivity (Wildman–Crippen MR) is 100 cm³/mol. The van der Waals surface area contributed by atoms with Crippen LogP contribution in [0.25, 0.3) is 11.1 Å². The van der Waals surface area contributed by atoms with Crippen molar-refractivity contribution in [2.45, 2.75) is 0 Å². The van der Waals surface area contributed by atoms with Crippen LogP contribution in [0.4, 0.5) is 23.1 Å². The highest BCUT2D eigenvalue weighted by Crippen LogP contribution is 2.21. The number of H-pyrrole nitrogens is 1. The molecule has 2 aromatic heterocycles. The average molecular weight is 362 g/mol. The van der Waals surface area contributed by atoms with Crippen LogP contribution in [-0.4, -0.2) is 20.9 Å². The van der Waals surface area contributed by atoms with Gasteiger partial charge in [-0.3, -0.25) is 9.78 Å². The number of nitrogens with two attached hydrogens (primary N) is 1. The van der Waals surface area contributed by atoms with Crippen LogP contribution in [0.3, 0.4) is 0 Å². The summed E-state index contributed by atoms with van der Waals surface area (Å²) >= 11 is 0. The van der Waals surface area contributed by atoms with E-state index in [1.165, 1.54) is 0 Å². The van der Waals surface area contributed by atoms with Crippen molar-refractivity contribution in [3.8, 4) is 0 Å². The van der Waals surface area contributed by atoms with E-state index in [1.807, 2.05) is 0 Å². The molecule has 4 aromatic rings. The fraction of sp³-hybridized carbons (Fsp3) is 0. The van der Waals surface area contributed by atoms with Crippen molar-refractivity contribution in [3.05, 3.63) is 70.8 Å². The van der Waals surface area contributed by atoms with Gasteiger partial charge in [-0.1, -0.05) is 0 Å². The average Bonchev–Trinajstić information content (AvgIpc) is 3.02. The summed E-state index contributed by atoms with van der Waals surface area (Å²) in [6.07, 6.45) is 1.60. The molecule has 27 heavy (non-hydrogen) atoms. The molecule has 0 fully saturated rings. The molecule has 9 heteroatoms. The molecule has 0 atom stereocenters. The molecule has 0 saturated heterocycles. The summed E-state index contributed by atoms with van der Waals surface area (Å²) in [7, 11) is 0. The van der Waals surface area contributed by atoms with Crippen molar-refractivity contribution in [2.75, 3.05) is 10.6 Å². The highest BCUT2D eigenvalue weighted by Gasteiger charge is 2.05. The predicted octanol–water partition coefficient (Wildman–Crippen LogP) is 2.50. The van der Waals surface area contributed by atoms with E-state index < -0.39 is 11.7 Å². The molecule has 0 saturated carbocycles. The number of amides is 1. The Morgan fingerprint density at radius 2 is 1.81 bits per heavy atom. The number of carbonyl (C=O) groups excluding carboxylic acids is 1. The summed E-state index contributed by atoms with van der Waals surface area (Å²) in [6, 6.07) is 13.6. The maximum absolute atomic E-state index is 11.2. The number of nitrogens with zero attached hydrogens (tertiary/aromatic N) is 2. The molecule has 0 aliphatic carbocycles. The fourth-order valence-electron chi connectivity index (χ4n) is 2.51. The maximum Gasteiger partial charge on any atom is 0.417 e. The molecule has 1 amide bonds. The van der Waals surface area contributed by atoms with Crippen molar-refractivity contribution in [1.82, 2.24) is 15.0 Å². The molecule has 0 spiro atoms. The van der Waals surface area contributed by atoms with Crippen LogP contribution >= 0.6 is 0 Å². The molecule has 0 radical (unpaired) electrons. The molecule has 0 aliphatic heterocycles. The van der Waals surface area contributed by atoms with Gasteiger partial charge >= 0.3 is 5.76 Å². The zero-order chi connectivity index (χ0) is 18.8. The molecule has 0 bridgehead atoms. The highest BCUT2D eigenvalue weighted by molar-refractivity contribution is 5.93. The number of aromatic nitrogens is 3. The van der Waals surface area contributed by atoms with Crippen LogP contribution in [0.15, 0.2) is 63.9 Å². The van der Waals surface area contributed by atoms with Crippen molar-refractivity contribution in [2.24, 2.45) is 5.73 Å². The van der Waals surface area contributed by atoms with E-state index in [4.69, 9.17) is 10.2 Å². The van der Waals surface area contributed by atoms with Gasteiger partial charge in [0.15, 0.2) is 5.58 Å².